The van der Waals surface area contributed by atoms with Gasteiger partial charge in [0.1, 0.15) is 5.75 Å². The highest BCUT2D eigenvalue weighted by molar-refractivity contribution is 5.98. The Balaban J connectivity index is 1.26. The number of ether oxygens (including phenoxy) is 2. The summed E-state index contributed by atoms with van der Waals surface area (Å²) in [5, 5.41) is 9.13. The molecule has 2 aliphatic rings. The van der Waals surface area contributed by atoms with Gasteiger partial charge in [0.2, 0.25) is 5.88 Å². The van der Waals surface area contributed by atoms with E-state index in [2.05, 4.69) is 14.7 Å². The van der Waals surface area contributed by atoms with Crippen molar-refractivity contribution in [2.75, 3.05) is 18.1 Å². The fourth-order valence-corrected chi connectivity index (χ4v) is 4.50. The summed E-state index contributed by atoms with van der Waals surface area (Å²) in [6.45, 7) is -0.988. The molecule has 1 amide bonds. The lowest BCUT2D eigenvalue weighted by Crippen LogP contribution is -2.32. The molecule has 2 fully saturated rings. The number of halogens is 3. The molecule has 35 heavy (non-hydrogen) atoms. The first kappa shape index (κ1) is 24.7. The van der Waals surface area contributed by atoms with Crippen molar-refractivity contribution in [3.8, 4) is 11.6 Å². The summed E-state index contributed by atoms with van der Waals surface area (Å²) in [7, 11) is 0. The fraction of sp³-hybridized carbons (Fsp3) is 0.500. The van der Waals surface area contributed by atoms with E-state index in [0.29, 0.717) is 24.6 Å². The zero-order valence-corrected chi connectivity index (χ0v) is 18.9. The predicted octanol–water partition coefficient (Wildman–Crippen LogP) is 4.04. The highest BCUT2D eigenvalue weighted by Gasteiger charge is 2.35. The maximum absolute atomic E-state index is 12.8. The molecule has 1 saturated heterocycles. The SMILES string of the molecule is O=C(O)C1CCC(CCc2ccc(N3CC[C@@H](Oc4ccc(OCC(F)(F)F)nc4)C3=O)cn2)C1. The highest BCUT2D eigenvalue weighted by Crippen LogP contribution is 2.34. The largest absolute Gasteiger partial charge is 0.481 e. The Bertz CT molecular complexity index is 1030. The summed E-state index contributed by atoms with van der Waals surface area (Å²) in [6, 6.07) is 6.39. The number of hydrogen-bond donors (Lipinski definition) is 1. The second kappa shape index (κ2) is 10.5. The molecular weight excluding hydrogens is 467 g/mol. The van der Waals surface area contributed by atoms with Gasteiger partial charge in [0, 0.05) is 24.7 Å². The first-order valence-electron chi connectivity index (χ1n) is 11.5. The lowest BCUT2D eigenvalue weighted by atomic mass is 9.98. The van der Waals surface area contributed by atoms with Crippen molar-refractivity contribution < 1.29 is 37.3 Å². The number of pyridine rings is 2. The van der Waals surface area contributed by atoms with Crippen molar-refractivity contribution in [3.05, 3.63) is 42.4 Å². The van der Waals surface area contributed by atoms with Crippen molar-refractivity contribution in [2.24, 2.45) is 11.8 Å². The fourth-order valence-electron chi connectivity index (χ4n) is 4.50. The monoisotopic (exact) mass is 493 g/mol. The molecule has 0 radical (unpaired) electrons. The molecule has 188 valence electrons. The quantitative estimate of drug-likeness (QED) is 0.563. The topological polar surface area (TPSA) is 102 Å². The third-order valence-corrected chi connectivity index (χ3v) is 6.35. The predicted molar refractivity (Wildman–Crippen MR) is 118 cm³/mol. The van der Waals surface area contributed by atoms with Gasteiger partial charge in [0.15, 0.2) is 12.7 Å². The van der Waals surface area contributed by atoms with Gasteiger partial charge in [-0.25, -0.2) is 4.98 Å². The summed E-state index contributed by atoms with van der Waals surface area (Å²) in [6.07, 6.45) is 2.16. The van der Waals surface area contributed by atoms with Crippen LogP contribution in [0.15, 0.2) is 36.7 Å². The minimum Gasteiger partial charge on any atom is -0.481 e. The van der Waals surface area contributed by atoms with Crippen LogP contribution in [0.3, 0.4) is 0 Å². The van der Waals surface area contributed by atoms with Gasteiger partial charge in [-0.2, -0.15) is 13.2 Å². The summed E-state index contributed by atoms with van der Waals surface area (Å²) in [5.74, 6) is -0.707. The van der Waals surface area contributed by atoms with E-state index in [4.69, 9.17) is 9.84 Å². The van der Waals surface area contributed by atoms with E-state index in [-0.39, 0.29) is 23.5 Å². The molecule has 3 heterocycles. The molecular formula is C24H26F3N3O5. The van der Waals surface area contributed by atoms with Crippen molar-refractivity contribution in [2.45, 2.75) is 50.8 Å². The number of carboxylic acids is 1. The molecule has 2 unspecified atom stereocenters. The van der Waals surface area contributed by atoms with E-state index in [0.717, 1.165) is 37.8 Å². The zero-order chi connectivity index (χ0) is 25.0. The average Bonchev–Trinajstić information content (AvgIpc) is 3.45. The Morgan fingerprint density at radius 2 is 1.94 bits per heavy atom. The Hall–Kier alpha value is -3.37. The normalized spacial score (nSPS) is 22.4. The molecule has 0 bridgehead atoms. The van der Waals surface area contributed by atoms with Crippen molar-refractivity contribution in [1.82, 2.24) is 9.97 Å². The van der Waals surface area contributed by atoms with Crippen LogP contribution in [0, 0.1) is 11.8 Å². The second-order valence-corrected chi connectivity index (χ2v) is 8.88. The smallest absolute Gasteiger partial charge is 0.422 e. The molecule has 2 aromatic rings. The third kappa shape index (κ3) is 6.61. The standard InChI is InChI=1S/C24H26F3N3O5/c25-24(26,27)14-34-21-8-7-19(13-29-21)35-20-9-10-30(22(20)31)18-6-5-17(28-12-18)4-2-15-1-3-16(11-15)23(32)33/h5-8,12-13,15-16,20H,1-4,9-11,14H2,(H,32,33)/t15?,16?,20-/m1/s1. The molecule has 1 saturated carbocycles. The lowest BCUT2D eigenvalue weighted by molar-refractivity contribution is -0.154. The van der Waals surface area contributed by atoms with Gasteiger partial charge in [0.05, 0.1) is 24.0 Å². The average molecular weight is 493 g/mol. The van der Waals surface area contributed by atoms with E-state index < -0.39 is 24.9 Å². The summed E-state index contributed by atoms with van der Waals surface area (Å²) in [4.78, 5) is 33.8. The van der Waals surface area contributed by atoms with E-state index in [9.17, 15) is 22.8 Å². The van der Waals surface area contributed by atoms with Crippen LogP contribution < -0.4 is 14.4 Å². The van der Waals surface area contributed by atoms with Crippen LogP contribution in [-0.2, 0) is 16.0 Å². The number of carbonyl (C=O) groups is 2. The Morgan fingerprint density at radius 1 is 1.11 bits per heavy atom. The third-order valence-electron chi connectivity index (χ3n) is 6.35. The van der Waals surface area contributed by atoms with Crippen LogP contribution in [-0.4, -0.2) is 52.4 Å². The molecule has 8 nitrogen and oxygen atoms in total. The molecule has 0 aromatic carbocycles. The van der Waals surface area contributed by atoms with E-state index in [1.165, 1.54) is 18.3 Å². The summed E-state index contributed by atoms with van der Waals surface area (Å²) in [5.41, 5.74) is 1.55. The van der Waals surface area contributed by atoms with Gasteiger partial charge in [-0.05, 0) is 56.2 Å². The number of carboxylic acid groups (broad SMARTS) is 1. The molecule has 11 heteroatoms. The Kier molecular flexibility index (Phi) is 7.42. The molecule has 3 atom stereocenters. The number of carbonyl (C=O) groups excluding carboxylic acids is 1. The molecule has 2 aromatic heterocycles. The number of hydrogen-bond acceptors (Lipinski definition) is 6. The van der Waals surface area contributed by atoms with E-state index >= 15 is 0 Å². The first-order valence-corrected chi connectivity index (χ1v) is 11.5. The number of nitrogens with zero attached hydrogens (tertiary/aromatic N) is 3. The number of anilines is 1. The Labute approximate surface area is 200 Å². The van der Waals surface area contributed by atoms with E-state index in [1.54, 1.807) is 11.1 Å². The zero-order valence-electron chi connectivity index (χ0n) is 18.9. The van der Waals surface area contributed by atoms with Crippen molar-refractivity contribution in [3.63, 3.8) is 0 Å². The molecule has 1 N–H and O–H groups in total. The maximum atomic E-state index is 12.8. The van der Waals surface area contributed by atoms with Crippen molar-refractivity contribution >= 4 is 17.6 Å². The maximum Gasteiger partial charge on any atom is 0.422 e. The van der Waals surface area contributed by atoms with Crippen LogP contribution in [0.4, 0.5) is 18.9 Å². The van der Waals surface area contributed by atoms with Crippen LogP contribution in [0.25, 0.3) is 0 Å². The van der Waals surface area contributed by atoms with Gasteiger partial charge in [-0.1, -0.05) is 0 Å². The van der Waals surface area contributed by atoms with E-state index in [1.807, 2.05) is 12.1 Å². The number of alkyl halides is 3. The van der Waals surface area contributed by atoms with Crippen molar-refractivity contribution in [1.29, 1.82) is 0 Å². The van der Waals surface area contributed by atoms with Crippen LogP contribution in [0.2, 0.25) is 0 Å². The molecule has 0 spiro atoms. The summed E-state index contributed by atoms with van der Waals surface area (Å²) >= 11 is 0. The molecule has 4 rings (SSSR count). The number of aromatic nitrogens is 2. The number of rotatable bonds is 9. The summed E-state index contributed by atoms with van der Waals surface area (Å²) < 4.78 is 46.9. The molecule has 1 aliphatic heterocycles. The highest BCUT2D eigenvalue weighted by atomic mass is 19.4. The van der Waals surface area contributed by atoms with Crippen LogP contribution in [0.5, 0.6) is 11.6 Å². The second-order valence-electron chi connectivity index (χ2n) is 8.88. The van der Waals surface area contributed by atoms with Crippen LogP contribution in [0.1, 0.15) is 37.8 Å². The van der Waals surface area contributed by atoms with Crippen LogP contribution >= 0.6 is 0 Å². The minimum absolute atomic E-state index is 0.185. The first-order chi connectivity index (χ1) is 16.7. The number of aryl methyl sites for hydroxylation is 1. The minimum atomic E-state index is -4.45. The number of amides is 1. The van der Waals surface area contributed by atoms with Gasteiger partial charge >= 0.3 is 12.1 Å². The lowest BCUT2D eigenvalue weighted by Gasteiger charge is -2.17. The van der Waals surface area contributed by atoms with Gasteiger partial charge in [-0.3, -0.25) is 14.6 Å². The Morgan fingerprint density at radius 3 is 2.57 bits per heavy atom. The van der Waals surface area contributed by atoms with Gasteiger partial charge in [-0.15, -0.1) is 0 Å². The van der Waals surface area contributed by atoms with Gasteiger partial charge in [0.25, 0.3) is 5.91 Å². The van der Waals surface area contributed by atoms with Gasteiger partial charge < -0.3 is 19.5 Å². The molecule has 1 aliphatic carbocycles. The number of aliphatic carboxylic acids is 1.